The van der Waals surface area contributed by atoms with Crippen molar-refractivity contribution in [1.82, 2.24) is 4.98 Å². The van der Waals surface area contributed by atoms with Gasteiger partial charge in [0.1, 0.15) is 6.61 Å². The van der Waals surface area contributed by atoms with Crippen molar-refractivity contribution < 1.29 is 9.53 Å². The summed E-state index contributed by atoms with van der Waals surface area (Å²) in [6.45, 7) is 6.77. The molecule has 1 aromatic heterocycles. The van der Waals surface area contributed by atoms with E-state index in [0.717, 1.165) is 16.7 Å². The molecular weight excluding hydrogens is 360 g/mol. The Kier molecular flexibility index (Phi) is 6.80. The molecular formula is C25H26N2O2. The topological polar surface area (TPSA) is 51.2 Å². The molecule has 0 fully saturated rings. The standard InChI is InChI=1S/C25H26N2O2/c1-18(2)21-13-10-20(11-14-21)12-15-24(28)27-25-23(9-6-16-26-25)29-17-22-8-5-4-7-19(22)3/h4-16,18H,17H2,1-3H3,(H,26,27,28)/b15-12+. The Morgan fingerprint density at radius 2 is 1.83 bits per heavy atom. The smallest absolute Gasteiger partial charge is 0.249 e. The highest BCUT2D eigenvalue weighted by Gasteiger charge is 2.08. The van der Waals surface area contributed by atoms with Crippen molar-refractivity contribution in [1.29, 1.82) is 0 Å². The summed E-state index contributed by atoms with van der Waals surface area (Å²) in [5, 5.41) is 2.80. The summed E-state index contributed by atoms with van der Waals surface area (Å²) in [6, 6.07) is 19.8. The summed E-state index contributed by atoms with van der Waals surface area (Å²) in [7, 11) is 0. The Morgan fingerprint density at radius 3 is 2.55 bits per heavy atom. The Hall–Kier alpha value is -3.40. The van der Waals surface area contributed by atoms with Crippen molar-refractivity contribution in [3.8, 4) is 5.75 Å². The number of carbonyl (C=O) groups is 1. The molecule has 0 atom stereocenters. The van der Waals surface area contributed by atoms with Crippen LogP contribution in [0, 0.1) is 6.92 Å². The maximum atomic E-state index is 12.3. The minimum absolute atomic E-state index is 0.252. The molecule has 1 amide bonds. The predicted molar refractivity (Wildman–Crippen MR) is 118 cm³/mol. The minimum atomic E-state index is -0.252. The molecule has 0 unspecified atom stereocenters. The normalized spacial score (nSPS) is 11.0. The number of nitrogens with zero attached hydrogens (tertiary/aromatic N) is 1. The fraction of sp³-hybridized carbons (Fsp3) is 0.200. The summed E-state index contributed by atoms with van der Waals surface area (Å²) in [4.78, 5) is 16.6. The van der Waals surface area contributed by atoms with Gasteiger partial charge in [0, 0.05) is 12.3 Å². The summed E-state index contributed by atoms with van der Waals surface area (Å²) in [5.74, 6) is 1.18. The van der Waals surface area contributed by atoms with Gasteiger partial charge < -0.3 is 10.1 Å². The molecule has 4 heteroatoms. The molecule has 0 saturated heterocycles. The van der Waals surface area contributed by atoms with Crippen molar-refractivity contribution in [2.45, 2.75) is 33.3 Å². The van der Waals surface area contributed by atoms with E-state index >= 15 is 0 Å². The van der Waals surface area contributed by atoms with Gasteiger partial charge in [0.15, 0.2) is 11.6 Å². The SMILES string of the molecule is Cc1ccccc1COc1cccnc1NC(=O)/C=C/c1ccc(C(C)C)cc1. The molecule has 0 aliphatic rings. The Labute approximate surface area is 172 Å². The summed E-state index contributed by atoms with van der Waals surface area (Å²) >= 11 is 0. The first kappa shape index (κ1) is 20.3. The fourth-order valence-corrected chi connectivity index (χ4v) is 2.85. The summed E-state index contributed by atoms with van der Waals surface area (Å²) < 4.78 is 5.90. The predicted octanol–water partition coefficient (Wildman–Crippen LogP) is 5.74. The second-order valence-corrected chi connectivity index (χ2v) is 7.21. The Balaban J connectivity index is 1.63. The lowest BCUT2D eigenvalue weighted by Crippen LogP contribution is -2.11. The second-order valence-electron chi connectivity index (χ2n) is 7.21. The molecule has 4 nitrogen and oxygen atoms in total. The van der Waals surface area contributed by atoms with Crippen LogP contribution in [0.15, 0.2) is 72.9 Å². The number of hydrogen-bond donors (Lipinski definition) is 1. The quantitative estimate of drug-likeness (QED) is 0.527. The van der Waals surface area contributed by atoms with E-state index in [4.69, 9.17) is 4.74 Å². The monoisotopic (exact) mass is 386 g/mol. The molecule has 1 N–H and O–H groups in total. The van der Waals surface area contributed by atoms with Gasteiger partial charge in [0.05, 0.1) is 0 Å². The van der Waals surface area contributed by atoms with Gasteiger partial charge >= 0.3 is 0 Å². The van der Waals surface area contributed by atoms with Gasteiger partial charge in [-0.1, -0.05) is 62.4 Å². The first-order valence-electron chi connectivity index (χ1n) is 9.74. The number of pyridine rings is 1. The molecule has 148 valence electrons. The van der Waals surface area contributed by atoms with Gasteiger partial charge in [-0.05, 0) is 53.3 Å². The third-order valence-electron chi connectivity index (χ3n) is 4.69. The molecule has 3 rings (SSSR count). The molecule has 0 spiro atoms. The van der Waals surface area contributed by atoms with Crippen LogP contribution in [0.5, 0.6) is 5.75 Å². The number of rotatable bonds is 7. The lowest BCUT2D eigenvalue weighted by atomic mass is 10.0. The van der Waals surface area contributed by atoms with E-state index in [2.05, 4.69) is 36.3 Å². The van der Waals surface area contributed by atoms with Gasteiger partial charge in [0.25, 0.3) is 0 Å². The molecule has 0 bridgehead atoms. The fourth-order valence-electron chi connectivity index (χ4n) is 2.85. The van der Waals surface area contributed by atoms with Crippen molar-refractivity contribution in [3.63, 3.8) is 0 Å². The van der Waals surface area contributed by atoms with Crippen LogP contribution in [0.3, 0.4) is 0 Å². The molecule has 0 aliphatic carbocycles. The largest absolute Gasteiger partial charge is 0.485 e. The first-order valence-corrected chi connectivity index (χ1v) is 9.74. The van der Waals surface area contributed by atoms with E-state index < -0.39 is 0 Å². The lowest BCUT2D eigenvalue weighted by Gasteiger charge is -2.12. The zero-order valence-electron chi connectivity index (χ0n) is 17.1. The van der Waals surface area contributed by atoms with Crippen LogP contribution in [0.4, 0.5) is 5.82 Å². The van der Waals surface area contributed by atoms with Crippen molar-refractivity contribution in [3.05, 3.63) is 95.2 Å². The zero-order chi connectivity index (χ0) is 20.6. The van der Waals surface area contributed by atoms with Crippen molar-refractivity contribution in [2.75, 3.05) is 5.32 Å². The molecule has 2 aromatic carbocycles. The summed E-state index contributed by atoms with van der Waals surface area (Å²) in [6.07, 6.45) is 4.92. The maximum absolute atomic E-state index is 12.3. The van der Waals surface area contributed by atoms with Crippen molar-refractivity contribution >= 4 is 17.8 Å². The third kappa shape index (κ3) is 5.79. The number of aromatic nitrogens is 1. The Morgan fingerprint density at radius 1 is 1.07 bits per heavy atom. The average Bonchev–Trinajstić information content (AvgIpc) is 2.73. The highest BCUT2D eigenvalue weighted by molar-refractivity contribution is 6.02. The van der Waals surface area contributed by atoms with Crippen LogP contribution in [0.2, 0.25) is 0 Å². The number of hydrogen-bond acceptors (Lipinski definition) is 3. The zero-order valence-corrected chi connectivity index (χ0v) is 17.1. The molecule has 0 radical (unpaired) electrons. The van der Waals surface area contributed by atoms with Crippen LogP contribution in [0.1, 0.15) is 42.0 Å². The van der Waals surface area contributed by atoms with Gasteiger partial charge in [-0.3, -0.25) is 4.79 Å². The van der Waals surface area contributed by atoms with Gasteiger partial charge in [0.2, 0.25) is 5.91 Å². The van der Waals surface area contributed by atoms with E-state index in [0.29, 0.717) is 24.1 Å². The third-order valence-corrected chi connectivity index (χ3v) is 4.69. The number of benzene rings is 2. The van der Waals surface area contributed by atoms with E-state index in [1.807, 2.05) is 43.3 Å². The van der Waals surface area contributed by atoms with Crippen molar-refractivity contribution in [2.24, 2.45) is 0 Å². The number of carbonyl (C=O) groups excluding carboxylic acids is 1. The van der Waals surface area contributed by atoms with Gasteiger partial charge in [-0.2, -0.15) is 0 Å². The number of ether oxygens (including phenoxy) is 1. The number of anilines is 1. The van der Waals surface area contributed by atoms with E-state index in [9.17, 15) is 4.79 Å². The number of aryl methyl sites for hydroxylation is 1. The average molecular weight is 386 g/mol. The summed E-state index contributed by atoms with van der Waals surface area (Å²) in [5.41, 5.74) is 4.50. The van der Waals surface area contributed by atoms with Gasteiger partial charge in [-0.15, -0.1) is 0 Å². The maximum Gasteiger partial charge on any atom is 0.249 e. The minimum Gasteiger partial charge on any atom is -0.485 e. The van der Waals surface area contributed by atoms with Gasteiger partial charge in [-0.25, -0.2) is 4.98 Å². The van der Waals surface area contributed by atoms with E-state index in [-0.39, 0.29) is 5.91 Å². The first-order chi connectivity index (χ1) is 14.0. The van der Waals surface area contributed by atoms with Crippen LogP contribution < -0.4 is 10.1 Å². The highest BCUT2D eigenvalue weighted by atomic mass is 16.5. The second kappa shape index (κ2) is 9.69. The molecule has 3 aromatic rings. The molecule has 1 heterocycles. The number of amides is 1. The van der Waals surface area contributed by atoms with Crippen LogP contribution in [0.25, 0.3) is 6.08 Å². The Bertz CT molecular complexity index is 992. The van der Waals surface area contributed by atoms with Crippen LogP contribution in [-0.4, -0.2) is 10.9 Å². The number of nitrogens with one attached hydrogen (secondary N) is 1. The molecule has 29 heavy (non-hydrogen) atoms. The van der Waals surface area contributed by atoms with Crippen LogP contribution in [-0.2, 0) is 11.4 Å². The van der Waals surface area contributed by atoms with E-state index in [1.54, 1.807) is 24.4 Å². The van der Waals surface area contributed by atoms with E-state index in [1.165, 1.54) is 11.6 Å². The van der Waals surface area contributed by atoms with Crippen LogP contribution >= 0.6 is 0 Å². The lowest BCUT2D eigenvalue weighted by molar-refractivity contribution is -0.111. The highest BCUT2D eigenvalue weighted by Crippen LogP contribution is 2.23. The molecule has 0 aliphatic heterocycles. The molecule has 0 saturated carbocycles.